The minimum absolute atomic E-state index is 0.455. The van der Waals surface area contributed by atoms with Gasteiger partial charge in [-0.05, 0) is 70.9 Å². The molecule has 0 saturated carbocycles. The van der Waals surface area contributed by atoms with E-state index in [0.29, 0.717) is 6.04 Å². The third kappa shape index (κ3) is 3.53. The maximum Gasteiger partial charge on any atom is 0.0572 e. The molecule has 1 aliphatic heterocycles. The van der Waals surface area contributed by atoms with Gasteiger partial charge in [0.05, 0.1) is 5.69 Å². The number of hydrogen-bond donors (Lipinski definition) is 1. The van der Waals surface area contributed by atoms with Crippen LogP contribution in [-0.2, 0) is 0 Å². The molecule has 1 atom stereocenters. The maximum absolute atomic E-state index is 4.47. The van der Waals surface area contributed by atoms with E-state index in [9.17, 15) is 0 Å². The topological polar surface area (TPSA) is 28.2 Å². The first-order chi connectivity index (χ1) is 8.81. The molecule has 0 amide bonds. The Morgan fingerprint density at radius 1 is 1.39 bits per heavy atom. The van der Waals surface area contributed by atoms with Crippen LogP contribution in [0.15, 0.2) is 24.4 Å². The van der Waals surface area contributed by atoms with E-state index >= 15 is 0 Å². The fourth-order valence-corrected chi connectivity index (χ4v) is 2.79. The summed E-state index contributed by atoms with van der Waals surface area (Å²) in [5.41, 5.74) is 1.20. The normalized spacial score (nSPS) is 19.9. The number of pyridine rings is 1. The van der Waals surface area contributed by atoms with Crippen molar-refractivity contribution in [3.63, 3.8) is 0 Å². The summed E-state index contributed by atoms with van der Waals surface area (Å²) >= 11 is 0. The van der Waals surface area contributed by atoms with E-state index in [1.165, 1.54) is 38.0 Å². The van der Waals surface area contributed by atoms with Gasteiger partial charge >= 0.3 is 0 Å². The number of likely N-dealkylation sites (tertiary alicyclic amines) is 1. The van der Waals surface area contributed by atoms with Crippen molar-refractivity contribution in [1.29, 1.82) is 0 Å². The highest BCUT2D eigenvalue weighted by Crippen LogP contribution is 2.26. The van der Waals surface area contributed by atoms with E-state index in [1.54, 1.807) is 0 Å². The molecular weight excluding hydrogens is 222 g/mol. The summed E-state index contributed by atoms with van der Waals surface area (Å²) in [6, 6.07) is 6.66. The second-order valence-electron chi connectivity index (χ2n) is 5.30. The molecule has 1 N–H and O–H groups in total. The van der Waals surface area contributed by atoms with Crippen LogP contribution in [0.3, 0.4) is 0 Å². The van der Waals surface area contributed by atoms with Crippen molar-refractivity contribution in [2.24, 2.45) is 5.92 Å². The minimum Gasteiger partial charge on any atom is -0.320 e. The van der Waals surface area contributed by atoms with E-state index < -0.39 is 0 Å². The number of hydrogen-bond acceptors (Lipinski definition) is 3. The van der Waals surface area contributed by atoms with Crippen molar-refractivity contribution >= 4 is 0 Å². The van der Waals surface area contributed by atoms with Gasteiger partial charge in [0.25, 0.3) is 0 Å². The van der Waals surface area contributed by atoms with Crippen molar-refractivity contribution in [3.8, 4) is 0 Å². The predicted molar refractivity (Wildman–Crippen MR) is 75.5 cm³/mol. The molecule has 100 valence electrons. The fraction of sp³-hybridized carbons (Fsp3) is 0.667. The lowest BCUT2D eigenvalue weighted by Gasteiger charge is -2.35. The Hall–Kier alpha value is -0.930. The van der Waals surface area contributed by atoms with Gasteiger partial charge in [0.1, 0.15) is 0 Å². The molecule has 1 aliphatic rings. The van der Waals surface area contributed by atoms with Gasteiger partial charge in [-0.2, -0.15) is 0 Å². The first kappa shape index (κ1) is 13.5. The summed E-state index contributed by atoms with van der Waals surface area (Å²) < 4.78 is 0. The van der Waals surface area contributed by atoms with Crippen molar-refractivity contribution < 1.29 is 0 Å². The predicted octanol–water partition coefficient (Wildman–Crippen LogP) is 2.46. The minimum atomic E-state index is 0.455. The average Bonchev–Trinajstić information content (AvgIpc) is 2.46. The van der Waals surface area contributed by atoms with Crippen molar-refractivity contribution in [2.75, 3.05) is 26.7 Å². The molecule has 1 fully saturated rings. The van der Waals surface area contributed by atoms with Crippen molar-refractivity contribution in [3.05, 3.63) is 30.1 Å². The Bertz CT molecular complexity index is 331. The molecule has 2 heterocycles. The van der Waals surface area contributed by atoms with Gasteiger partial charge in [0, 0.05) is 12.2 Å². The van der Waals surface area contributed by atoms with E-state index in [0.717, 1.165) is 12.5 Å². The Morgan fingerprint density at radius 2 is 2.17 bits per heavy atom. The highest BCUT2D eigenvalue weighted by Gasteiger charge is 2.23. The molecule has 3 heteroatoms. The average molecular weight is 247 g/mol. The van der Waals surface area contributed by atoms with Crippen LogP contribution in [0.5, 0.6) is 0 Å². The van der Waals surface area contributed by atoms with Gasteiger partial charge in [-0.1, -0.05) is 6.07 Å². The zero-order valence-corrected chi connectivity index (χ0v) is 11.6. The van der Waals surface area contributed by atoms with Gasteiger partial charge in [0.2, 0.25) is 0 Å². The number of rotatable bonds is 5. The summed E-state index contributed by atoms with van der Waals surface area (Å²) in [7, 11) is 2.04. The summed E-state index contributed by atoms with van der Waals surface area (Å²) in [6.07, 6.45) is 5.88. The third-order valence-corrected chi connectivity index (χ3v) is 4.12. The maximum atomic E-state index is 4.47. The lowest BCUT2D eigenvalue weighted by molar-refractivity contribution is 0.135. The molecule has 0 aliphatic carbocycles. The first-order valence-electron chi connectivity index (χ1n) is 7.11. The number of aromatic nitrogens is 1. The molecule has 3 nitrogen and oxygen atoms in total. The second kappa shape index (κ2) is 6.86. The van der Waals surface area contributed by atoms with Gasteiger partial charge < -0.3 is 5.32 Å². The molecule has 1 unspecified atom stereocenters. The van der Waals surface area contributed by atoms with Gasteiger partial charge in [-0.25, -0.2) is 0 Å². The van der Waals surface area contributed by atoms with Crippen LogP contribution in [0.1, 0.15) is 37.9 Å². The van der Waals surface area contributed by atoms with Crippen molar-refractivity contribution in [2.45, 2.75) is 32.2 Å². The van der Waals surface area contributed by atoms with Crippen LogP contribution in [0.25, 0.3) is 0 Å². The summed E-state index contributed by atoms with van der Waals surface area (Å²) in [6.45, 7) is 5.86. The molecule has 18 heavy (non-hydrogen) atoms. The number of nitrogens with zero attached hydrogens (tertiary/aromatic N) is 2. The second-order valence-corrected chi connectivity index (χ2v) is 5.30. The smallest absolute Gasteiger partial charge is 0.0572 e. The largest absolute Gasteiger partial charge is 0.320 e. The van der Waals surface area contributed by atoms with Crippen LogP contribution in [0.2, 0.25) is 0 Å². The quantitative estimate of drug-likeness (QED) is 0.866. The molecule has 0 radical (unpaired) electrons. The fourth-order valence-electron chi connectivity index (χ4n) is 2.79. The molecule has 2 rings (SSSR count). The molecule has 0 bridgehead atoms. The van der Waals surface area contributed by atoms with E-state index in [4.69, 9.17) is 0 Å². The molecule has 1 saturated heterocycles. The molecule has 1 aromatic heterocycles. The molecule has 0 spiro atoms. The molecular formula is C15H25N3. The molecule has 1 aromatic rings. The first-order valence-corrected chi connectivity index (χ1v) is 7.11. The van der Waals surface area contributed by atoms with E-state index in [1.807, 2.05) is 19.3 Å². The van der Waals surface area contributed by atoms with E-state index in [2.05, 4.69) is 34.3 Å². The van der Waals surface area contributed by atoms with Crippen LogP contribution < -0.4 is 5.32 Å². The monoisotopic (exact) mass is 247 g/mol. The lowest BCUT2D eigenvalue weighted by atomic mass is 9.92. The van der Waals surface area contributed by atoms with Gasteiger partial charge in [-0.3, -0.25) is 9.88 Å². The van der Waals surface area contributed by atoms with Crippen LogP contribution >= 0.6 is 0 Å². The van der Waals surface area contributed by atoms with Crippen molar-refractivity contribution in [1.82, 2.24) is 15.2 Å². The Morgan fingerprint density at radius 3 is 2.78 bits per heavy atom. The highest BCUT2D eigenvalue weighted by molar-refractivity contribution is 5.08. The number of piperidine rings is 1. The van der Waals surface area contributed by atoms with Gasteiger partial charge in [0.15, 0.2) is 0 Å². The zero-order chi connectivity index (χ0) is 12.8. The lowest BCUT2D eigenvalue weighted by Crippen LogP contribution is -2.36. The van der Waals surface area contributed by atoms with Crippen LogP contribution in [-0.4, -0.2) is 36.6 Å². The Balaban J connectivity index is 1.82. The Kier molecular flexibility index (Phi) is 5.14. The number of nitrogens with one attached hydrogen (secondary N) is 1. The molecule has 0 aromatic carbocycles. The highest BCUT2D eigenvalue weighted by atomic mass is 15.2. The zero-order valence-electron chi connectivity index (χ0n) is 11.6. The van der Waals surface area contributed by atoms with Crippen LogP contribution in [0, 0.1) is 5.92 Å². The van der Waals surface area contributed by atoms with E-state index in [-0.39, 0.29) is 0 Å². The van der Waals surface area contributed by atoms with Crippen LogP contribution in [0.4, 0.5) is 0 Å². The summed E-state index contributed by atoms with van der Waals surface area (Å²) in [5, 5.41) is 3.25. The Labute approximate surface area is 111 Å². The third-order valence-electron chi connectivity index (χ3n) is 4.12. The summed E-state index contributed by atoms with van der Waals surface area (Å²) in [4.78, 5) is 7.04. The van der Waals surface area contributed by atoms with Gasteiger partial charge in [-0.15, -0.1) is 0 Å². The SMILES string of the molecule is CNCCC1CCN(C(C)c2ccccn2)CC1. The summed E-state index contributed by atoms with van der Waals surface area (Å²) in [5.74, 6) is 0.907. The standard InChI is InChI=1S/C15H25N3/c1-13(15-5-3-4-9-17-15)18-11-7-14(8-12-18)6-10-16-2/h3-5,9,13-14,16H,6-8,10-12H2,1-2H3.